The summed E-state index contributed by atoms with van der Waals surface area (Å²) in [6, 6.07) is 5.51. The van der Waals surface area contributed by atoms with Gasteiger partial charge >= 0.3 is 0 Å². The van der Waals surface area contributed by atoms with E-state index in [1.54, 1.807) is 13.0 Å². The third kappa shape index (κ3) is 4.93. The zero-order valence-electron chi connectivity index (χ0n) is 12.0. The molecule has 7 nitrogen and oxygen atoms in total. The van der Waals surface area contributed by atoms with Crippen molar-refractivity contribution in [2.24, 2.45) is 0 Å². The predicted octanol–water partition coefficient (Wildman–Crippen LogP) is 2.60. The number of carbonyl (C=O) groups is 1. The van der Waals surface area contributed by atoms with E-state index >= 15 is 0 Å². The van der Waals surface area contributed by atoms with Gasteiger partial charge in [0.2, 0.25) is 15.9 Å². The number of rotatable bonds is 6. The van der Waals surface area contributed by atoms with Crippen molar-refractivity contribution in [3.8, 4) is 0 Å². The smallest absolute Gasteiger partial charge is 0.240 e. The van der Waals surface area contributed by atoms with E-state index in [-0.39, 0.29) is 33.7 Å². The van der Waals surface area contributed by atoms with Crippen LogP contribution in [0.1, 0.15) is 12.2 Å². The van der Waals surface area contributed by atoms with Crippen molar-refractivity contribution in [3.05, 3.63) is 40.1 Å². The van der Waals surface area contributed by atoms with E-state index in [2.05, 4.69) is 15.2 Å². The molecule has 0 saturated carbocycles. The van der Waals surface area contributed by atoms with Crippen LogP contribution in [-0.4, -0.2) is 26.0 Å². The van der Waals surface area contributed by atoms with E-state index < -0.39 is 15.9 Å². The lowest BCUT2D eigenvalue weighted by Gasteiger charge is -2.07. The van der Waals surface area contributed by atoms with Crippen LogP contribution < -0.4 is 10.0 Å². The van der Waals surface area contributed by atoms with Gasteiger partial charge in [-0.3, -0.25) is 4.79 Å². The maximum absolute atomic E-state index is 12.1. The van der Waals surface area contributed by atoms with Gasteiger partial charge in [-0.25, -0.2) is 13.1 Å². The second-order valence-corrected chi connectivity index (χ2v) is 7.18. The van der Waals surface area contributed by atoms with Gasteiger partial charge in [-0.15, -0.1) is 0 Å². The summed E-state index contributed by atoms with van der Waals surface area (Å²) in [6.07, 6.45) is -0.0630. The number of anilines is 1. The summed E-state index contributed by atoms with van der Waals surface area (Å²) in [5.41, 5.74) is 0. The van der Waals surface area contributed by atoms with Crippen LogP contribution in [0.2, 0.25) is 10.0 Å². The van der Waals surface area contributed by atoms with Crippen LogP contribution in [0.4, 0.5) is 5.82 Å². The minimum Gasteiger partial charge on any atom is -0.360 e. The lowest BCUT2D eigenvalue weighted by molar-refractivity contribution is -0.116. The van der Waals surface area contributed by atoms with Gasteiger partial charge in [0.25, 0.3) is 0 Å². The van der Waals surface area contributed by atoms with E-state index in [1.165, 1.54) is 18.2 Å². The molecule has 0 aliphatic heterocycles. The molecular weight excluding hydrogens is 365 g/mol. The van der Waals surface area contributed by atoms with Gasteiger partial charge in [0.15, 0.2) is 5.82 Å². The quantitative estimate of drug-likeness (QED) is 0.805. The number of sulfonamides is 1. The van der Waals surface area contributed by atoms with Crippen molar-refractivity contribution in [2.45, 2.75) is 18.2 Å². The number of nitrogens with zero attached hydrogens (tertiary/aromatic N) is 1. The van der Waals surface area contributed by atoms with Crippen molar-refractivity contribution in [1.29, 1.82) is 0 Å². The molecule has 10 heteroatoms. The fraction of sp³-hybridized carbons (Fsp3) is 0.231. The molecule has 0 fully saturated rings. The van der Waals surface area contributed by atoms with Crippen molar-refractivity contribution in [3.63, 3.8) is 0 Å². The average Bonchev–Trinajstić information content (AvgIpc) is 2.86. The van der Waals surface area contributed by atoms with Crippen molar-refractivity contribution in [1.82, 2.24) is 9.88 Å². The highest BCUT2D eigenvalue weighted by molar-refractivity contribution is 7.89. The molecule has 0 spiro atoms. The normalized spacial score (nSPS) is 11.4. The predicted molar refractivity (Wildman–Crippen MR) is 86.1 cm³/mol. The summed E-state index contributed by atoms with van der Waals surface area (Å²) in [5, 5.41) is 6.48. The molecule has 0 atom stereocenters. The topological polar surface area (TPSA) is 101 Å². The second-order valence-electron chi connectivity index (χ2n) is 4.59. The molecule has 2 aromatic rings. The third-order valence-electron chi connectivity index (χ3n) is 2.74. The molecule has 23 heavy (non-hydrogen) atoms. The minimum atomic E-state index is -3.77. The molecule has 2 N–H and O–H groups in total. The van der Waals surface area contributed by atoms with Gasteiger partial charge in [0, 0.05) is 19.0 Å². The Morgan fingerprint density at radius 1 is 1.26 bits per heavy atom. The molecule has 1 aromatic carbocycles. The summed E-state index contributed by atoms with van der Waals surface area (Å²) in [6.45, 7) is 1.61. The molecule has 0 saturated heterocycles. The van der Waals surface area contributed by atoms with E-state index in [0.29, 0.717) is 5.76 Å². The molecule has 1 amide bonds. The summed E-state index contributed by atoms with van der Waals surface area (Å²) in [4.78, 5) is 11.6. The van der Waals surface area contributed by atoms with Crippen LogP contribution in [0.3, 0.4) is 0 Å². The van der Waals surface area contributed by atoms with Gasteiger partial charge < -0.3 is 9.84 Å². The molecule has 0 unspecified atom stereocenters. The van der Waals surface area contributed by atoms with Crippen LogP contribution in [0.25, 0.3) is 0 Å². The lowest BCUT2D eigenvalue weighted by Crippen LogP contribution is -2.27. The largest absolute Gasteiger partial charge is 0.360 e. The van der Waals surface area contributed by atoms with E-state index in [4.69, 9.17) is 27.7 Å². The summed E-state index contributed by atoms with van der Waals surface area (Å²) in [7, 11) is -3.77. The van der Waals surface area contributed by atoms with Gasteiger partial charge in [0.1, 0.15) is 5.76 Å². The highest BCUT2D eigenvalue weighted by atomic mass is 35.5. The molecule has 0 aliphatic carbocycles. The number of hydrogen-bond donors (Lipinski definition) is 2. The molecule has 0 aliphatic rings. The average molecular weight is 378 g/mol. The fourth-order valence-corrected chi connectivity index (χ4v) is 3.08. The van der Waals surface area contributed by atoms with Gasteiger partial charge in [0.05, 0.1) is 14.9 Å². The first-order chi connectivity index (χ1) is 10.8. The Bertz CT molecular complexity index is 820. The van der Waals surface area contributed by atoms with Crippen LogP contribution in [0.15, 0.2) is 33.7 Å². The first-order valence-corrected chi connectivity index (χ1v) is 8.70. The number of hydrogen-bond acceptors (Lipinski definition) is 5. The lowest BCUT2D eigenvalue weighted by atomic mass is 10.4. The van der Waals surface area contributed by atoms with Crippen molar-refractivity contribution >= 4 is 45.0 Å². The fourth-order valence-electron chi connectivity index (χ4n) is 1.66. The van der Waals surface area contributed by atoms with Gasteiger partial charge in [-0.05, 0) is 25.1 Å². The van der Waals surface area contributed by atoms with Crippen molar-refractivity contribution in [2.75, 3.05) is 11.9 Å². The van der Waals surface area contributed by atoms with E-state index in [9.17, 15) is 13.2 Å². The Labute approximate surface area is 143 Å². The highest BCUT2D eigenvalue weighted by Gasteiger charge is 2.16. The maximum atomic E-state index is 12.1. The Morgan fingerprint density at radius 2 is 2.00 bits per heavy atom. The van der Waals surface area contributed by atoms with Crippen LogP contribution in [0.5, 0.6) is 0 Å². The second kappa shape index (κ2) is 7.31. The Morgan fingerprint density at radius 3 is 2.61 bits per heavy atom. The summed E-state index contributed by atoms with van der Waals surface area (Å²) in [5.74, 6) is 0.440. The molecule has 0 bridgehead atoms. The molecule has 2 rings (SSSR count). The highest BCUT2D eigenvalue weighted by Crippen LogP contribution is 2.24. The Hall–Kier alpha value is -1.61. The molecular formula is C13H13Cl2N3O4S. The first-order valence-electron chi connectivity index (χ1n) is 6.46. The number of benzene rings is 1. The molecule has 124 valence electrons. The SMILES string of the molecule is Cc1cc(NC(=O)CCNS(=O)(=O)c2ccc(Cl)c(Cl)c2)no1. The zero-order chi connectivity index (χ0) is 17.0. The molecule has 1 aromatic heterocycles. The van der Waals surface area contributed by atoms with Crippen LogP contribution in [-0.2, 0) is 14.8 Å². The Balaban J connectivity index is 1.89. The van der Waals surface area contributed by atoms with E-state index in [1.807, 2.05) is 0 Å². The third-order valence-corrected chi connectivity index (χ3v) is 4.94. The number of aromatic nitrogens is 1. The molecule has 0 radical (unpaired) electrons. The van der Waals surface area contributed by atoms with Gasteiger partial charge in [-0.1, -0.05) is 28.4 Å². The molecule has 1 heterocycles. The zero-order valence-corrected chi connectivity index (χ0v) is 14.3. The number of aryl methyl sites for hydroxylation is 1. The summed E-state index contributed by atoms with van der Waals surface area (Å²) >= 11 is 11.5. The first kappa shape index (κ1) is 17.7. The van der Waals surface area contributed by atoms with Crippen molar-refractivity contribution < 1.29 is 17.7 Å². The number of nitrogens with one attached hydrogen (secondary N) is 2. The number of carbonyl (C=O) groups excluding carboxylic acids is 1. The summed E-state index contributed by atoms with van der Waals surface area (Å²) < 4.78 is 31.2. The van der Waals surface area contributed by atoms with E-state index in [0.717, 1.165) is 0 Å². The monoisotopic (exact) mass is 377 g/mol. The Kier molecular flexibility index (Phi) is 5.64. The van der Waals surface area contributed by atoms with Crippen LogP contribution in [0, 0.1) is 6.92 Å². The number of amides is 1. The standard InChI is InChI=1S/C13H13Cl2N3O4S/c1-8-6-12(18-22-8)17-13(19)4-5-16-23(20,21)9-2-3-10(14)11(15)7-9/h2-3,6-7,16H,4-5H2,1H3,(H,17,18,19). The van der Waals surface area contributed by atoms with Crippen LogP contribution >= 0.6 is 23.2 Å². The number of halogens is 2. The maximum Gasteiger partial charge on any atom is 0.240 e. The minimum absolute atomic E-state index is 0.0283. The van der Waals surface area contributed by atoms with Gasteiger partial charge in [-0.2, -0.15) is 0 Å².